The van der Waals surface area contributed by atoms with Crippen molar-refractivity contribution in [3.05, 3.63) is 23.2 Å². The number of likely N-dealkylation sites (tertiary alicyclic amines) is 1. The first kappa shape index (κ1) is 18.6. The van der Waals surface area contributed by atoms with Gasteiger partial charge in [-0.2, -0.15) is 0 Å². The average molecular weight is 361 g/mol. The summed E-state index contributed by atoms with van der Waals surface area (Å²) in [4.78, 5) is 38.3. The predicted molar refractivity (Wildman–Crippen MR) is 95.8 cm³/mol. The van der Waals surface area contributed by atoms with E-state index in [2.05, 4.69) is 10.6 Å². The molecule has 7 heteroatoms. The normalized spacial score (nSPS) is 23.9. The van der Waals surface area contributed by atoms with Crippen LogP contribution in [-0.2, 0) is 9.59 Å². The fraction of sp³-hybridized carbons (Fsp3) is 0.632. The standard InChI is InChI=1S/C19H27N3O4/c1-11-8-16(13(3)26-11)18(24)21-15-4-6-22(7-5-15)19(25)17-9-14(10-20-17)12(2)23/h8,14-15,17,20H,4-7,9-10H2,1-3H3,(H,21,24). The van der Waals surface area contributed by atoms with Crippen LogP contribution in [0.1, 0.15) is 48.1 Å². The summed E-state index contributed by atoms with van der Waals surface area (Å²) in [5.41, 5.74) is 0.575. The summed E-state index contributed by atoms with van der Waals surface area (Å²) < 4.78 is 5.41. The molecule has 142 valence electrons. The van der Waals surface area contributed by atoms with E-state index >= 15 is 0 Å². The number of piperidine rings is 1. The van der Waals surface area contributed by atoms with Crippen LogP contribution >= 0.6 is 0 Å². The van der Waals surface area contributed by atoms with E-state index in [0.29, 0.717) is 37.4 Å². The van der Waals surface area contributed by atoms with Crippen molar-refractivity contribution in [1.29, 1.82) is 0 Å². The van der Waals surface area contributed by atoms with Gasteiger partial charge < -0.3 is 20.0 Å². The Hall–Kier alpha value is -2.15. The molecule has 0 aliphatic carbocycles. The number of Topliss-reactive ketones (excluding diaryl/α,β-unsaturated/α-hetero) is 1. The van der Waals surface area contributed by atoms with Gasteiger partial charge in [-0.25, -0.2) is 0 Å². The Labute approximate surface area is 153 Å². The van der Waals surface area contributed by atoms with Gasteiger partial charge in [0.25, 0.3) is 5.91 Å². The number of hydrogen-bond donors (Lipinski definition) is 2. The van der Waals surface area contributed by atoms with Crippen LogP contribution in [-0.4, -0.2) is 54.2 Å². The predicted octanol–water partition coefficient (Wildman–Crippen LogP) is 1.18. The van der Waals surface area contributed by atoms with Crippen LogP contribution in [0.5, 0.6) is 0 Å². The molecule has 2 aliphatic rings. The summed E-state index contributed by atoms with van der Waals surface area (Å²) in [6, 6.07) is 1.55. The second-order valence-electron chi connectivity index (χ2n) is 7.40. The number of furan rings is 1. The first-order valence-electron chi connectivity index (χ1n) is 9.25. The molecule has 2 unspecified atom stereocenters. The number of carbonyl (C=O) groups is 3. The number of nitrogens with zero attached hydrogens (tertiary/aromatic N) is 1. The summed E-state index contributed by atoms with van der Waals surface area (Å²) in [6.45, 7) is 7.01. The van der Waals surface area contributed by atoms with Crippen LogP contribution in [0.25, 0.3) is 0 Å². The topological polar surface area (TPSA) is 91.7 Å². The van der Waals surface area contributed by atoms with E-state index in [1.54, 1.807) is 19.9 Å². The Balaban J connectivity index is 1.48. The van der Waals surface area contributed by atoms with Crippen LogP contribution in [0.3, 0.4) is 0 Å². The number of aryl methyl sites for hydroxylation is 2. The second-order valence-corrected chi connectivity index (χ2v) is 7.40. The third-order valence-corrected chi connectivity index (χ3v) is 5.43. The smallest absolute Gasteiger partial charge is 0.255 e. The molecule has 0 bridgehead atoms. The molecule has 2 fully saturated rings. The highest BCUT2D eigenvalue weighted by Crippen LogP contribution is 2.20. The third kappa shape index (κ3) is 3.98. The fourth-order valence-corrected chi connectivity index (χ4v) is 3.82. The molecule has 2 N–H and O–H groups in total. The third-order valence-electron chi connectivity index (χ3n) is 5.43. The van der Waals surface area contributed by atoms with E-state index in [0.717, 1.165) is 18.6 Å². The van der Waals surface area contributed by atoms with Gasteiger partial charge in [0.15, 0.2) is 0 Å². The highest BCUT2D eigenvalue weighted by atomic mass is 16.3. The Bertz CT molecular complexity index is 704. The summed E-state index contributed by atoms with van der Waals surface area (Å²) in [5, 5.41) is 6.21. The molecule has 3 rings (SSSR count). The molecule has 1 aromatic heterocycles. The lowest BCUT2D eigenvalue weighted by atomic mass is 9.99. The SMILES string of the molecule is CC(=O)C1CNC(C(=O)N2CCC(NC(=O)c3cc(C)oc3C)CC2)C1. The van der Waals surface area contributed by atoms with Gasteiger partial charge in [-0.3, -0.25) is 14.4 Å². The van der Waals surface area contributed by atoms with Gasteiger partial charge in [-0.1, -0.05) is 0 Å². The first-order valence-corrected chi connectivity index (χ1v) is 9.25. The van der Waals surface area contributed by atoms with Gasteiger partial charge >= 0.3 is 0 Å². The molecular formula is C19H27N3O4. The van der Waals surface area contributed by atoms with Gasteiger partial charge in [0, 0.05) is 31.6 Å². The molecule has 2 amide bonds. The molecule has 0 spiro atoms. The highest BCUT2D eigenvalue weighted by Gasteiger charge is 2.35. The maximum absolute atomic E-state index is 12.6. The molecular weight excluding hydrogens is 334 g/mol. The van der Waals surface area contributed by atoms with Crippen molar-refractivity contribution in [3.8, 4) is 0 Å². The summed E-state index contributed by atoms with van der Waals surface area (Å²) in [7, 11) is 0. The van der Waals surface area contributed by atoms with Crippen LogP contribution in [0.15, 0.2) is 10.5 Å². The van der Waals surface area contributed by atoms with Crippen LogP contribution in [0, 0.1) is 19.8 Å². The molecule has 7 nitrogen and oxygen atoms in total. The number of rotatable bonds is 4. The van der Waals surface area contributed by atoms with Crippen LogP contribution < -0.4 is 10.6 Å². The lowest BCUT2D eigenvalue weighted by molar-refractivity contribution is -0.134. The molecule has 1 aromatic rings. The van der Waals surface area contributed by atoms with Gasteiger partial charge in [-0.15, -0.1) is 0 Å². The Morgan fingerprint density at radius 3 is 2.46 bits per heavy atom. The largest absolute Gasteiger partial charge is 0.466 e. The number of nitrogens with one attached hydrogen (secondary N) is 2. The molecule has 2 atom stereocenters. The summed E-state index contributed by atoms with van der Waals surface area (Å²) in [5.74, 6) is 1.38. The fourth-order valence-electron chi connectivity index (χ4n) is 3.82. The Kier molecular flexibility index (Phi) is 5.46. The maximum atomic E-state index is 12.6. The van der Waals surface area contributed by atoms with Crippen LogP contribution in [0.2, 0.25) is 0 Å². The van der Waals surface area contributed by atoms with Gasteiger partial charge in [0.2, 0.25) is 5.91 Å². The zero-order valence-corrected chi connectivity index (χ0v) is 15.6. The molecule has 0 saturated carbocycles. The monoisotopic (exact) mass is 361 g/mol. The lowest BCUT2D eigenvalue weighted by Gasteiger charge is -2.33. The van der Waals surface area contributed by atoms with Crippen molar-refractivity contribution in [2.45, 2.75) is 52.1 Å². The van der Waals surface area contributed by atoms with Gasteiger partial charge in [0.05, 0.1) is 11.6 Å². The molecule has 2 saturated heterocycles. The van der Waals surface area contributed by atoms with E-state index in [4.69, 9.17) is 4.42 Å². The number of hydrogen-bond acceptors (Lipinski definition) is 5. The molecule has 0 aromatic carbocycles. The van der Waals surface area contributed by atoms with E-state index < -0.39 is 0 Å². The van der Waals surface area contributed by atoms with Crippen LogP contribution in [0.4, 0.5) is 0 Å². The number of ketones is 1. The second kappa shape index (κ2) is 7.61. The highest BCUT2D eigenvalue weighted by molar-refractivity contribution is 5.95. The molecule has 3 heterocycles. The maximum Gasteiger partial charge on any atom is 0.255 e. The van der Waals surface area contributed by atoms with E-state index in [1.807, 2.05) is 11.8 Å². The zero-order valence-electron chi connectivity index (χ0n) is 15.6. The van der Waals surface area contributed by atoms with Crippen molar-refractivity contribution in [1.82, 2.24) is 15.5 Å². The van der Waals surface area contributed by atoms with Crippen molar-refractivity contribution in [3.63, 3.8) is 0 Å². The minimum absolute atomic E-state index is 0.0533. The zero-order chi connectivity index (χ0) is 18.8. The van der Waals surface area contributed by atoms with E-state index in [-0.39, 0.29) is 35.6 Å². The van der Waals surface area contributed by atoms with Crippen molar-refractivity contribution in [2.75, 3.05) is 19.6 Å². The van der Waals surface area contributed by atoms with Crippen molar-refractivity contribution in [2.24, 2.45) is 5.92 Å². The Morgan fingerprint density at radius 1 is 1.23 bits per heavy atom. The summed E-state index contributed by atoms with van der Waals surface area (Å²) >= 11 is 0. The van der Waals surface area contributed by atoms with Gasteiger partial charge in [-0.05, 0) is 46.1 Å². The van der Waals surface area contributed by atoms with Gasteiger partial charge in [0.1, 0.15) is 17.3 Å². The van der Waals surface area contributed by atoms with E-state index in [1.165, 1.54) is 0 Å². The summed E-state index contributed by atoms with van der Waals surface area (Å²) in [6.07, 6.45) is 2.05. The lowest BCUT2D eigenvalue weighted by Crippen LogP contribution is -2.50. The molecule has 2 aliphatic heterocycles. The first-order chi connectivity index (χ1) is 12.3. The Morgan fingerprint density at radius 2 is 1.92 bits per heavy atom. The molecule has 0 radical (unpaired) electrons. The molecule has 26 heavy (non-hydrogen) atoms. The minimum atomic E-state index is -0.258. The van der Waals surface area contributed by atoms with Crippen molar-refractivity contribution >= 4 is 17.6 Å². The average Bonchev–Trinajstić information content (AvgIpc) is 3.21. The number of amides is 2. The van der Waals surface area contributed by atoms with Crippen molar-refractivity contribution < 1.29 is 18.8 Å². The number of carbonyl (C=O) groups excluding carboxylic acids is 3. The quantitative estimate of drug-likeness (QED) is 0.840. The van der Waals surface area contributed by atoms with E-state index in [9.17, 15) is 14.4 Å². The minimum Gasteiger partial charge on any atom is -0.466 e.